The number of esters is 1. The highest BCUT2D eigenvalue weighted by Crippen LogP contribution is 2.38. The summed E-state index contributed by atoms with van der Waals surface area (Å²) in [6, 6.07) is 12.8. The van der Waals surface area contributed by atoms with Gasteiger partial charge in [-0.3, -0.25) is 9.59 Å². The van der Waals surface area contributed by atoms with Gasteiger partial charge in [-0.25, -0.2) is 4.98 Å². The van der Waals surface area contributed by atoms with Gasteiger partial charge in [0.2, 0.25) is 5.91 Å². The molecule has 2 aromatic carbocycles. The standard InChI is InChI=1S/C23H24ClN3O4/c1-14(2)31-22(29)13-27-18-7-5-4-6-17(18)25-23(27)15-10-21(28)26(12-15)19-11-16(24)8-9-20(19)30-3/h4-9,11,14-15H,10,12-13H2,1-3H3/t15-/m1/s1. The highest BCUT2D eigenvalue weighted by Gasteiger charge is 2.36. The predicted octanol–water partition coefficient (Wildman–Crippen LogP) is 4.17. The van der Waals surface area contributed by atoms with Crippen LogP contribution in [0.25, 0.3) is 11.0 Å². The second-order valence-corrected chi connectivity index (χ2v) is 8.24. The largest absolute Gasteiger partial charge is 0.495 e. The molecule has 1 saturated heterocycles. The van der Waals surface area contributed by atoms with Crippen molar-refractivity contribution in [2.24, 2.45) is 0 Å². The zero-order valence-corrected chi connectivity index (χ0v) is 18.4. The fraction of sp³-hybridized carbons (Fsp3) is 0.348. The van der Waals surface area contributed by atoms with E-state index in [-0.39, 0.29) is 36.9 Å². The highest BCUT2D eigenvalue weighted by atomic mass is 35.5. The van der Waals surface area contributed by atoms with Gasteiger partial charge in [-0.1, -0.05) is 23.7 Å². The van der Waals surface area contributed by atoms with Gasteiger partial charge in [-0.15, -0.1) is 0 Å². The van der Waals surface area contributed by atoms with Crippen molar-refractivity contribution < 1.29 is 19.1 Å². The maximum absolute atomic E-state index is 12.9. The number of amides is 1. The van der Waals surface area contributed by atoms with Gasteiger partial charge in [-0.05, 0) is 44.2 Å². The molecule has 0 unspecified atom stereocenters. The van der Waals surface area contributed by atoms with Crippen LogP contribution in [-0.2, 0) is 20.9 Å². The second kappa shape index (κ2) is 8.59. The van der Waals surface area contributed by atoms with E-state index in [2.05, 4.69) is 0 Å². The molecule has 3 aromatic rings. The van der Waals surface area contributed by atoms with Crippen LogP contribution in [0.4, 0.5) is 5.69 Å². The van der Waals surface area contributed by atoms with Gasteiger partial charge in [0.25, 0.3) is 0 Å². The summed E-state index contributed by atoms with van der Waals surface area (Å²) in [5, 5.41) is 0.524. The lowest BCUT2D eigenvalue weighted by Crippen LogP contribution is -2.25. The van der Waals surface area contributed by atoms with Crippen LogP contribution >= 0.6 is 11.6 Å². The molecule has 0 saturated carbocycles. The summed E-state index contributed by atoms with van der Waals surface area (Å²) in [7, 11) is 1.56. The third kappa shape index (κ3) is 4.23. The summed E-state index contributed by atoms with van der Waals surface area (Å²) < 4.78 is 12.6. The molecule has 1 aliphatic heterocycles. The number of benzene rings is 2. The van der Waals surface area contributed by atoms with Crippen molar-refractivity contribution in [1.82, 2.24) is 9.55 Å². The van der Waals surface area contributed by atoms with Crippen molar-refractivity contribution in [2.45, 2.75) is 38.8 Å². The minimum Gasteiger partial charge on any atom is -0.495 e. The topological polar surface area (TPSA) is 73.7 Å². The van der Waals surface area contributed by atoms with E-state index in [1.807, 2.05) is 42.7 Å². The van der Waals surface area contributed by atoms with Crippen LogP contribution in [0.2, 0.25) is 5.02 Å². The zero-order chi connectivity index (χ0) is 22.1. The number of imidazole rings is 1. The fourth-order valence-electron chi connectivity index (χ4n) is 3.99. The van der Waals surface area contributed by atoms with Gasteiger partial charge in [0.05, 0.1) is 29.9 Å². The van der Waals surface area contributed by atoms with Crippen molar-refractivity contribution in [3.8, 4) is 5.75 Å². The van der Waals surface area contributed by atoms with Crippen LogP contribution < -0.4 is 9.64 Å². The van der Waals surface area contributed by atoms with Crippen molar-refractivity contribution in [2.75, 3.05) is 18.6 Å². The Kier molecular flexibility index (Phi) is 5.87. The molecule has 1 atom stereocenters. The Morgan fingerprint density at radius 2 is 2.03 bits per heavy atom. The van der Waals surface area contributed by atoms with Gasteiger partial charge in [0.15, 0.2) is 0 Å². The average molecular weight is 442 g/mol. The Bertz CT molecular complexity index is 1140. The summed E-state index contributed by atoms with van der Waals surface area (Å²) in [6.45, 7) is 4.09. The first-order valence-electron chi connectivity index (χ1n) is 10.2. The molecule has 0 radical (unpaired) electrons. The average Bonchev–Trinajstić information content (AvgIpc) is 3.28. The first-order valence-corrected chi connectivity index (χ1v) is 10.5. The Morgan fingerprint density at radius 1 is 1.26 bits per heavy atom. The van der Waals surface area contributed by atoms with E-state index >= 15 is 0 Å². The molecule has 1 fully saturated rings. The number of nitrogens with zero attached hydrogens (tertiary/aromatic N) is 3. The SMILES string of the molecule is COc1ccc(Cl)cc1N1C[C@H](c2nc3ccccc3n2CC(=O)OC(C)C)CC1=O. The summed E-state index contributed by atoms with van der Waals surface area (Å²) in [4.78, 5) is 31.8. The van der Waals surface area contributed by atoms with E-state index in [9.17, 15) is 9.59 Å². The molecule has 0 spiro atoms. The fourth-order valence-corrected chi connectivity index (χ4v) is 4.16. The van der Waals surface area contributed by atoms with Crippen molar-refractivity contribution in [1.29, 1.82) is 0 Å². The molecule has 1 aromatic heterocycles. The summed E-state index contributed by atoms with van der Waals surface area (Å²) in [6.07, 6.45) is 0.0719. The molecule has 162 valence electrons. The third-order valence-electron chi connectivity index (χ3n) is 5.26. The first-order chi connectivity index (χ1) is 14.9. The minimum absolute atomic E-state index is 0.0409. The van der Waals surface area contributed by atoms with Crippen LogP contribution in [-0.4, -0.2) is 41.2 Å². The number of aromatic nitrogens is 2. The van der Waals surface area contributed by atoms with Crippen LogP contribution in [0, 0.1) is 0 Å². The molecule has 8 heteroatoms. The van der Waals surface area contributed by atoms with Gasteiger partial charge in [0, 0.05) is 23.9 Å². The number of carbonyl (C=O) groups excluding carboxylic acids is 2. The van der Waals surface area contributed by atoms with E-state index in [1.165, 1.54) is 0 Å². The Morgan fingerprint density at radius 3 is 2.77 bits per heavy atom. The summed E-state index contributed by atoms with van der Waals surface area (Å²) in [5.41, 5.74) is 2.25. The highest BCUT2D eigenvalue weighted by molar-refractivity contribution is 6.31. The number of carbonyl (C=O) groups is 2. The molecule has 7 nitrogen and oxygen atoms in total. The quantitative estimate of drug-likeness (QED) is 0.537. The number of hydrogen-bond donors (Lipinski definition) is 0. The number of halogens is 1. The lowest BCUT2D eigenvalue weighted by Gasteiger charge is -2.20. The Labute approximate surface area is 185 Å². The minimum atomic E-state index is -0.336. The number of hydrogen-bond acceptors (Lipinski definition) is 5. The summed E-state index contributed by atoms with van der Waals surface area (Å²) >= 11 is 6.17. The lowest BCUT2D eigenvalue weighted by atomic mass is 10.1. The van der Waals surface area contributed by atoms with Crippen LogP contribution in [0.3, 0.4) is 0 Å². The van der Waals surface area contributed by atoms with Crippen LogP contribution in [0.1, 0.15) is 32.0 Å². The second-order valence-electron chi connectivity index (χ2n) is 7.81. The molecule has 1 amide bonds. The monoisotopic (exact) mass is 441 g/mol. The predicted molar refractivity (Wildman–Crippen MR) is 119 cm³/mol. The van der Waals surface area contributed by atoms with Crippen LogP contribution in [0.15, 0.2) is 42.5 Å². The first kappa shape index (κ1) is 21.2. The maximum atomic E-state index is 12.9. The van der Waals surface area contributed by atoms with E-state index < -0.39 is 0 Å². The number of methoxy groups -OCH3 is 1. The molecule has 2 heterocycles. The smallest absolute Gasteiger partial charge is 0.326 e. The maximum Gasteiger partial charge on any atom is 0.326 e. The van der Waals surface area contributed by atoms with E-state index in [4.69, 9.17) is 26.1 Å². The molecule has 4 rings (SSSR count). The van der Waals surface area contributed by atoms with Gasteiger partial charge < -0.3 is 18.9 Å². The van der Waals surface area contributed by atoms with E-state index in [1.54, 1.807) is 30.2 Å². The molecular weight excluding hydrogens is 418 g/mol. The number of rotatable bonds is 6. The Balaban J connectivity index is 1.69. The van der Waals surface area contributed by atoms with Crippen LogP contribution in [0.5, 0.6) is 5.75 Å². The van der Waals surface area contributed by atoms with Crippen molar-refractivity contribution in [3.05, 3.63) is 53.3 Å². The normalized spacial score (nSPS) is 16.4. The molecule has 0 N–H and O–H groups in total. The van der Waals surface area contributed by atoms with Gasteiger partial charge in [0.1, 0.15) is 18.1 Å². The summed E-state index contributed by atoms with van der Waals surface area (Å²) in [5.74, 6) is 0.702. The molecular formula is C23H24ClN3O4. The lowest BCUT2D eigenvalue weighted by molar-refractivity contribution is -0.148. The molecule has 31 heavy (non-hydrogen) atoms. The van der Waals surface area contributed by atoms with Crippen molar-refractivity contribution in [3.63, 3.8) is 0 Å². The number of ether oxygens (including phenoxy) is 2. The van der Waals surface area contributed by atoms with E-state index in [0.29, 0.717) is 28.8 Å². The van der Waals surface area contributed by atoms with Crippen molar-refractivity contribution >= 4 is 40.2 Å². The van der Waals surface area contributed by atoms with Gasteiger partial charge >= 0.3 is 5.97 Å². The van der Waals surface area contributed by atoms with Gasteiger partial charge in [-0.2, -0.15) is 0 Å². The molecule has 0 aliphatic carbocycles. The number of anilines is 1. The Hall–Kier alpha value is -3.06. The molecule has 0 bridgehead atoms. The molecule has 1 aliphatic rings. The third-order valence-corrected chi connectivity index (χ3v) is 5.50. The number of fused-ring (bicyclic) bond motifs is 1. The number of para-hydroxylation sites is 2. The zero-order valence-electron chi connectivity index (χ0n) is 17.7. The van der Waals surface area contributed by atoms with E-state index in [0.717, 1.165) is 11.0 Å².